The fourth-order valence-electron chi connectivity index (χ4n) is 2.92. The van der Waals surface area contributed by atoms with Crippen LogP contribution in [0, 0.1) is 0 Å². The van der Waals surface area contributed by atoms with Crippen molar-refractivity contribution in [2.24, 2.45) is 0 Å². The Morgan fingerprint density at radius 1 is 1.09 bits per heavy atom. The Bertz CT molecular complexity index is 664. The van der Waals surface area contributed by atoms with E-state index in [2.05, 4.69) is 56.9 Å². The standard InChI is InChI=1S/C22H30O/c1-4-6-9-12-18(3)19-15-16-22(23-17-7-5-2)21-14-11-8-10-13-20(19)21/h8,11,13-16H,3-7,9-10,12,17H2,1-2H3. The molecule has 0 saturated heterocycles. The molecule has 0 aromatic heterocycles. The van der Waals surface area contributed by atoms with Crippen LogP contribution in [0.4, 0.5) is 0 Å². The first-order chi connectivity index (χ1) is 11.3. The lowest BCUT2D eigenvalue weighted by molar-refractivity contribution is 0.307. The van der Waals surface area contributed by atoms with Gasteiger partial charge in [-0.05, 0) is 48.1 Å². The lowest BCUT2D eigenvalue weighted by atomic mass is 9.97. The molecule has 1 aromatic rings. The number of allylic oxidation sites excluding steroid dienone is 3. The summed E-state index contributed by atoms with van der Waals surface area (Å²) in [7, 11) is 0. The summed E-state index contributed by atoms with van der Waals surface area (Å²) >= 11 is 0. The van der Waals surface area contributed by atoms with Crippen molar-refractivity contribution >= 4 is 17.7 Å². The first-order valence-corrected chi connectivity index (χ1v) is 9.09. The zero-order chi connectivity index (χ0) is 16.5. The lowest BCUT2D eigenvalue weighted by Crippen LogP contribution is -2.30. The predicted octanol–water partition coefficient (Wildman–Crippen LogP) is 4.98. The summed E-state index contributed by atoms with van der Waals surface area (Å²) in [5, 5.41) is 2.51. The Hall–Kier alpha value is -1.76. The zero-order valence-electron chi connectivity index (χ0n) is 14.7. The van der Waals surface area contributed by atoms with Crippen molar-refractivity contribution < 1.29 is 4.74 Å². The van der Waals surface area contributed by atoms with Gasteiger partial charge in [0.1, 0.15) is 5.75 Å². The van der Waals surface area contributed by atoms with E-state index in [9.17, 15) is 0 Å². The minimum atomic E-state index is 0.789. The van der Waals surface area contributed by atoms with Gasteiger partial charge in [0, 0.05) is 5.22 Å². The molecule has 2 rings (SSSR count). The van der Waals surface area contributed by atoms with Gasteiger partial charge in [0.2, 0.25) is 0 Å². The highest BCUT2D eigenvalue weighted by molar-refractivity contribution is 5.67. The Morgan fingerprint density at radius 2 is 1.91 bits per heavy atom. The van der Waals surface area contributed by atoms with Crippen molar-refractivity contribution in [1.29, 1.82) is 0 Å². The fraction of sp³-hybridized carbons (Fsp3) is 0.455. The van der Waals surface area contributed by atoms with Crippen molar-refractivity contribution in [1.82, 2.24) is 0 Å². The third-order valence-electron chi connectivity index (χ3n) is 4.32. The molecule has 0 saturated carbocycles. The molecule has 0 aliphatic heterocycles. The molecule has 1 heteroatoms. The van der Waals surface area contributed by atoms with Gasteiger partial charge in [-0.3, -0.25) is 0 Å². The lowest BCUT2D eigenvalue weighted by Gasteiger charge is -2.12. The van der Waals surface area contributed by atoms with E-state index in [0.29, 0.717) is 0 Å². The Morgan fingerprint density at radius 3 is 2.70 bits per heavy atom. The third-order valence-corrected chi connectivity index (χ3v) is 4.32. The van der Waals surface area contributed by atoms with Crippen LogP contribution in [0.15, 0.2) is 30.9 Å². The summed E-state index contributed by atoms with van der Waals surface area (Å²) in [6.45, 7) is 9.57. The molecule has 1 aliphatic carbocycles. The Balaban J connectivity index is 2.33. The Kier molecular flexibility index (Phi) is 7.19. The SMILES string of the molecule is C=C(CCCCC)c1ccc(OCCCC)c2c1=CCC=CC=2. The molecule has 0 N–H and O–H groups in total. The first-order valence-electron chi connectivity index (χ1n) is 9.09. The van der Waals surface area contributed by atoms with Crippen LogP contribution >= 0.6 is 0 Å². The molecule has 0 spiro atoms. The van der Waals surface area contributed by atoms with Crippen LogP contribution in [-0.2, 0) is 0 Å². The molecule has 0 heterocycles. The van der Waals surface area contributed by atoms with Crippen LogP contribution in [0.1, 0.15) is 64.4 Å². The van der Waals surface area contributed by atoms with Crippen molar-refractivity contribution in [2.45, 2.75) is 58.8 Å². The zero-order valence-corrected chi connectivity index (χ0v) is 14.7. The highest BCUT2D eigenvalue weighted by Gasteiger charge is 2.07. The minimum absolute atomic E-state index is 0.789. The number of unbranched alkanes of at least 4 members (excludes halogenated alkanes) is 3. The normalized spacial score (nSPS) is 12.8. The van der Waals surface area contributed by atoms with Crippen LogP contribution < -0.4 is 15.2 Å². The molecular formula is C22H30O. The quantitative estimate of drug-likeness (QED) is 0.584. The van der Waals surface area contributed by atoms with Gasteiger partial charge in [-0.25, -0.2) is 0 Å². The molecule has 0 unspecified atom stereocenters. The van der Waals surface area contributed by atoms with Crippen LogP contribution in [-0.4, -0.2) is 6.61 Å². The van der Waals surface area contributed by atoms with Gasteiger partial charge < -0.3 is 4.74 Å². The minimum Gasteiger partial charge on any atom is -0.493 e. The number of benzene rings is 1. The fourth-order valence-corrected chi connectivity index (χ4v) is 2.92. The second kappa shape index (κ2) is 9.39. The second-order valence-electron chi connectivity index (χ2n) is 6.24. The summed E-state index contributed by atoms with van der Waals surface area (Å²) in [6.07, 6.45) is 16.9. The highest BCUT2D eigenvalue weighted by Crippen LogP contribution is 2.18. The van der Waals surface area contributed by atoms with E-state index in [1.165, 1.54) is 40.8 Å². The van der Waals surface area contributed by atoms with Crippen molar-refractivity contribution in [2.75, 3.05) is 6.61 Å². The summed E-state index contributed by atoms with van der Waals surface area (Å²) in [6, 6.07) is 4.32. The number of fused-ring (bicyclic) bond motifs is 1. The number of rotatable bonds is 9. The third kappa shape index (κ3) is 4.86. The van der Waals surface area contributed by atoms with Crippen LogP contribution in [0.5, 0.6) is 5.75 Å². The molecule has 0 fully saturated rings. The van der Waals surface area contributed by atoms with Crippen molar-refractivity contribution in [3.8, 4) is 5.75 Å². The molecule has 124 valence electrons. The van der Waals surface area contributed by atoms with E-state index >= 15 is 0 Å². The summed E-state index contributed by atoms with van der Waals surface area (Å²) in [4.78, 5) is 0. The number of ether oxygens (including phenoxy) is 1. The van der Waals surface area contributed by atoms with Gasteiger partial charge in [-0.2, -0.15) is 0 Å². The summed E-state index contributed by atoms with van der Waals surface area (Å²) < 4.78 is 6.02. The van der Waals surface area contributed by atoms with Crippen LogP contribution in [0.2, 0.25) is 0 Å². The van der Waals surface area contributed by atoms with E-state index in [1.54, 1.807) is 0 Å². The van der Waals surface area contributed by atoms with Crippen LogP contribution in [0.25, 0.3) is 17.7 Å². The Labute approximate surface area is 141 Å². The van der Waals surface area contributed by atoms with Gasteiger partial charge in [0.25, 0.3) is 0 Å². The van der Waals surface area contributed by atoms with E-state index in [1.807, 2.05) is 0 Å². The molecule has 1 aliphatic rings. The highest BCUT2D eigenvalue weighted by atomic mass is 16.5. The second-order valence-corrected chi connectivity index (χ2v) is 6.24. The van der Waals surface area contributed by atoms with E-state index in [0.717, 1.165) is 38.0 Å². The predicted molar refractivity (Wildman–Crippen MR) is 102 cm³/mol. The monoisotopic (exact) mass is 310 g/mol. The van der Waals surface area contributed by atoms with Crippen LogP contribution in [0.3, 0.4) is 0 Å². The average Bonchev–Trinajstić information content (AvgIpc) is 2.81. The van der Waals surface area contributed by atoms with Crippen molar-refractivity contribution in [3.05, 3.63) is 46.9 Å². The maximum atomic E-state index is 6.02. The van der Waals surface area contributed by atoms with Gasteiger partial charge in [0.05, 0.1) is 6.61 Å². The van der Waals surface area contributed by atoms with Crippen molar-refractivity contribution in [3.63, 3.8) is 0 Å². The van der Waals surface area contributed by atoms with E-state index in [4.69, 9.17) is 4.74 Å². The maximum Gasteiger partial charge on any atom is 0.127 e. The number of hydrogen-bond donors (Lipinski definition) is 0. The van der Waals surface area contributed by atoms with Gasteiger partial charge in [-0.1, -0.05) is 70.1 Å². The molecule has 0 radical (unpaired) electrons. The van der Waals surface area contributed by atoms with E-state index in [-0.39, 0.29) is 0 Å². The first kappa shape index (κ1) is 17.6. The molecule has 0 amide bonds. The molecule has 23 heavy (non-hydrogen) atoms. The average molecular weight is 310 g/mol. The van der Waals surface area contributed by atoms with Gasteiger partial charge in [0.15, 0.2) is 0 Å². The van der Waals surface area contributed by atoms with Gasteiger partial charge in [-0.15, -0.1) is 0 Å². The molecule has 1 aromatic carbocycles. The largest absolute Gasteiger partial charge is 0.493 e. The molecule has 0 atom stereocenters. The summed E-state index contributed by atoms with van der Waals surface area (Å²) in [5.41, 5.74) is 2.54. The smallest absolute Gasteiger partial charge is 0.127 e. The maximum absolute atomic E-state index is 6.02. The number of hydrogen-bond acceptors (Lipinski definition) is 1. The molecule has 0 bridgehead atoms. The van der Waals surface area contributed by atoms with E-state index < -0.39 is 0 Å². The molecular weight excluding hydrogens is 280 g/mol. The topological polar surface area (TPSA) is 9.23 Å². The summed E-state index contributed by atoms with van der Waals surface area (Å²) in [5.74, 6) is 1.00. The molecule has 1 nitrogen and oxygen atoms in total. The van der Waals surface area contributed by atoms with Gasteiger partial charge >= 0.3 is 0 Å².